The number of hydrogen-bond donors (Lipinski definition) is 3. The van der Waals surface area contributed by atoms with E-state index in [1.165, 1.54) is 18.2 Å². The number of amides is 1. The number of carbonyl (C=O) groups is 2. The molecule has 0 spiro atoms. The summed E-state index contributed by atoms with van der Waals surface area (Å²) in [6, 6.07) is 9.69. The van der Waals surface area contributed by atoms with Gasteiger partial charge in [-0.1, -0.05) is 38.1 Å². The first kappa shape index (κ1) is 18.4. The van der Waals surface area contributed by atoms with Crippen molar-refractivity contribution in [3.8, 4) is 0 Å². The molecule has 140 valence electrons. The van der Waals surface area contributed by atoms with Crippen LogP contribution >= 0.6 is 0 Å². The molecule has 0 unspecified atom stereocenters. The van der Waals surface area contributed by atoms with Crippen LogP contribution in [0.2, 0.25) is 0 Å². The van der Waals surface area contributed by atoms with Gasteiger partial charge in [-0.05, 0) is 41.7 Å². The number of aromatic carboxylic acids is 1. The van der Waals surface area contributed by atoms with Gasteiger partial charge in [-0.2, -0.15) is 4.68 Å². The van der Waals surface area contributed by atoms with E-state index in [-0.39, 0.29) is 23.0 Å². The molecule has 3 rings (SSSR count). The summed E-state index contributed by atoms with van der Waals surface area (Å²) in [5.74, 6) is -0.874. The number of aromatic amines is 1. The third kappa shape index (κ3) is 3.36. The van der Waals surface area contributed by atoms with Gasteiger partial charge in [-0.3, -0.25) is 9.89 Å². The second-order valence-corrected chi connectivity index (χ2v) is 6.74. The first-order valence-corrected chi connectivity index (χ1v) is 8.65. The van der Waals surface area contributed by atoms with E-state index in [9.17, 15) is 19.5 Å². The number of benzene rings is 2. The van der Waals surface area contributed by atoms with E-state index in [0.29, 0.717) is 5.92 Å². The SMILES string of the molecule is Cc1cccc(C(C)C)c1CNC(=O)n1[nH]c2c(C(=O)O)cccc2c1=O. The second-order valence-electron chi connectivity index (χ2n) is 6.74. The Hall–Kier alpha value is -3.35. The van der Waals surface area contributed by atoms with E-state index in [1.807, 2.05) is 25.1 Å². The Kier molecular flexibility index (Phi) is 4.85. The molecule has 0 bridgehead atoms. The molecule has 27 heavy (non-hydrogen) atoms. The summed E-state index contributed by atoms with van der Waals surface area (Å²) in [5, 5.41) is 14.8. The molecule has 1 amide bonds. The molecule has 0 aliphatic heterocycles. The molecular weight excluding hydrogens is 346 g/mol. The number of nitrogens with one attached hydrogen (secondary N) is 2. The lowest BCUT2D eigenvalue weighted by Crippen LogP contribution is -2.35. The van der Waals surface area contributed by atoms with Gasteiger partial charge in [-0.25, -0.2) is 9.59 Å². The predicted molar refractivity (Wildman–Crippen MR) is 102 cm³/mol. The topological polar surface area (TPSA) is 104 Å². The molecular formula is C20H21N3O4. The van der Waals surface area contributed by atoms with Crippen LogP contribution in [0.15, 0.2) is 41.2 Å². The number of carboxylic acid groups (broad SMARTS) is 1. The minimum absolute atomic E-state index is 0.0582. The first-order valence-electron chi connectivity index (χ1n) is 8.65. The summed E-state index contributed by atoms with van der Waals surface area (Å²) in [5.41, 5.74) is 2.68. The lowest BCUT2D eigenvalue weighted by atomic mass is 9.94. The molecule has 3 N–H and O–H groups in total. The summed E-state index contributed by atoms with van der Waals surface area (Å²) in [6.45, 7) is 6.40. The summed E-state index contributed by atoms with van der Waals surface area (Å²) < 4.78 is 0.810. The molecule has 1 aromatic heterocycles. The van der Waals surface area contributed by atoms with E-state index in [4.69, 9.17) is 0 Å². The molecule has 0 radical (unpaired) electrons. The van der Waals surface area contributed by atoms with Gasteiger partial charge < -0.3 is 10.4 Å². The van der Waals surface area contributed by atoms with Crippen LogP contribution in [0.5, 0.6) is 0 Å². The highest BCUT2D eigenvalue weighted by atomic mass is 16.4. The highest BCUT2D eigenvalue weighted by molar-refractivity contribution is 6.02. The minimum atomic E-state index is -1.17. The van der Waals surface area contributed by atoms with E-state index >= 15 is 0 Å². The number of H-pyrrole nitrogens is 1. The smallest absolute Gasteiger partial charge is 0.343 e. The number of para-hydroxylation sites is 1. The molecule has 0 atom stereocenters. The second kappa shape index (κ2) is 7.11. The van der Waals surface area contributed by atoms with Gasteiger partial charge in [0.05, 0.1) is 16.5 Å². The van der Waals surface area contributed by atoms with E-state index < -0.39 is 17.6 Å². The van der Waals surface area contributed by atoms with E-state index in [2.05, 4.69) is 24.3 Å². The van der Waals surface area contributed by atoms with Crippen molar-refractivity contribution in [3.05, 3.63) is 69.0 Å². The lowest BCUT2D eigenvalue weighted by molar-refractivity contribution is 0.0698. The fourth-order valence-corrected chi connectivity index (χ4v) is 3.21. The first-order chi connectivity index (χ1) is 12.8. The van der Waals surface area contributed by atoms with E-state index in [1.54, 1.807) is 0 Å². The summed E-state index contributed by atoms with van der Waals surface area (Å²) in [7, 11) is 0. The van der Waals surface area contributed by atoms with Gasteiger partial charge in [0.25, 0.3) is 5.56 Å². The highest BCUT2D eigenvalue weighted by Gasteiger charge is 2.18. The van der Waals surface area contributed by atoms with Crippen molar-refractivity contribution in [2.75, 3.05) is 0 Å². The monoisotopic (exact) mass is 367 g/mol. The largest absolute Gasteiger partial charge is 0.478 e. The van der Waals surface area contributed by atoms with Crippen LogP contribution in [-0.2, 0) is 6.54 Å². The Labute approximate surface area is 155 Å². The summed E-state index contributed by atoms with van der Waals surface area (Å²) in [4.78, 5) is 36.4. The van der Waals surface area contributed by atoms with Gasteiger partial charge in [0.2, 0.25) is 0 Å². The molecule has 1 heterocycles. The molecule has 3 aromatic rings. The van der Waals surface area contributed by atoms with Crippen molar-refractivity contribution < 1.29 is 14.7 Å². The van der Waals surface area contributed by atoms with Crippen molar-refractivity contribution in [1.82, 2.24) is 15.1 Å². The fraction of sp³-hybridized carbons (Fsp3) is 0.250. The van der Waals surface area contributed by atoms with Gasteiger partial charge in [0.1, 0.15) is 0 Å². The van der Waals surface area contributed by atoms with Gasteiger partial charge in [0.15, 0.2) is 0 Å². The Balaban J connectivity index is 1.93. The Morgan fingerprint density at radius 1 is 1.19 bits per heavy atom. The number of carbonyl (C=O) groups excluding carboxylic acids is 1. The summed E-state index contributed by atoms with van der Waals surface area (Å²) in [6.07, 6.45) is 0. The van der Waals surface area contributed by atoms with Crippen LogP contribution in [0, 0.1) is 6.92 Å². The maximum atomic E-state index is 12.6. The maximum Gasteiger partial charge on any atom is 0.343 e. The van der Waals surface area contributed by atoms with Crippen molar-refractivity contribution in [1.29, 1.82) is 0 Å². The van der Waals surface area contributed by atoms with Crippen LogP contribution < -0.4 is 10.9 Å². The van der Waals surface area contributed by atoms with Crippen LogP contribution in [-0.4, -0.2) is 26.9 Å². The minimum Gasteiger partial charge on any atom is -0.478 e. The average Bonchev–Trinajstić information content (AvgIpc) is 2.97. The van der Waals surface area contributed by atoms with Crippen molar-refractivity contribution in [2.24, 2.45) is 0 Å². The number of aromatic nitrogens is 2. The van der Waals surface area contributed by atoms with Gasteiger partial charge in [0, 0.05) is 6.54 Å². The number of carboxylic acids is 1. The normalized spacial score (nSPS) is 11.1. The Morgan fingerprint density at radius 2 is 1.89 bits per heavy atom. The molecule has 0 aliphatic carbocycles. The van der Waals surface area contributed by atoms with Crippen molar-refractivity contribution in [2.45, 2.75) is 33.2 Å². The number of hydrogen-bond acceptors (Lipinski definition) is 3. The third-order valence-electron chi connectivity index (χ3n) is 4.64. The standard InChI is InChI=1S/C20H21N3O4/c1-11(2)13-7-4-6-12(3)16(13)10-21-20(27)23-18(24)14-8-5-9-15(19(25)26)17(14)22-23/h4-9,11,22H,10H2,1-3H3,(H,21,27)(H,25,26). The molecule has 2 aromatic carbocycles. The van der Waals surface area contributed by atoms with Crippen LogP contribution in [0.4, 0.5) is 4.79 Å². The zero-order valence-corrected chi connectivity index (χ0v) is 15.4. The molecule has 7 heteroatoms. The number of rotatable bonds is 4. The number of fused-ring (bicyclic) bond motifs is 1. The van der Waals surface area contributed by atoms with Crippen molar-refractivity contribution in [3.63, 3.8) is 0 Å². The molecule has 7 nitrogen and oxygen atoms in total. The zero-order chi connectivity index (χ0) is 19.7. The Morgan fingerprint density at radius 3 is 2.56 bits per heavy atom. The maximum absolute atomic E-state index is 12.6. The lowest BCUT2D eigenvalue weighted by Gasteiger charge is -2.16. The quantitative estimate of drug-likeness (QED) is 0.658. The molecule has 0 saturated heterocycles. The molecule has 0 fully saturated rings. The van der Waals surface area contributed by atoms with Crippen molar-refractivity contribution >= 4 is 22.9 Å². The zero-order valence-electron chi connectivity index (χ0n) is 15.4. The van der Waals surface area contributed by atoms with Gasteiger partial charge in [-0.15, -0.1) is 0 Å². The van der Waals surface area contributed by atoms with E-state index in [0.717, 1.165) is 21.4 Å². The fourth-order valence-electron chi connectivity index (χ4n) is 3.21. The number of aryl methyl sites for hydroxylation is 1. The Bertz CT molecular complexity index is 1090. The average molecular weight is 367 g/mol. The third-order valence-corrected chi connectivity index (χ3v) is 4.64. The predicted octanol–water partition coefficient (Wildman–Crippen LogP) is 3.22. The molecule has 0 aliphatic rings. The van der Waals surface area contributed by atoms with Gasteiger partial charge >= 0.3 is 12.0 Å². The summed E-state index contributed by atoms with van der Waals surface area (Å²) >= 11 is 0. The van der Waals surface area contributed by atoms with Crippen LogP contribution in [0.3, 0.4) is 0 Å². The van der Waals surface area contributed by atoms with Crippen LogP contribution in [0.1, 0.15) is 46.8 Å². The van der Waals surface area contributed by atoms with Crippen LogP contribution in [0.25, 0.3) is 10.9 Å². The highest BCUT2D eigenvalue weighted by Crippen LogP contribution is 2.22. The number of nitrogens with zero attached hydrogens (tertiary/aromatic N) is 1. The molecule has 0 saturated carbocycles.